The van der Waals surface area contributed by atoms with E-state index < -0.39 is 0 Å². The average molecular weight is 284 g/mol. The first-order chi connectivity index (χ1) is 9.13. The van der Waals surface area contributed by atoms with Gasteiger partial charge in [0.1, 0.15) is 0 Å². The molecule has 1 rings (SSSR count). The van der Waals surface area contributed by atoms with Crippen molar-refractivity contribution in [2.75, 3.05) is 26.3 Å². The van der Waals surface area contributed by atoms with Crippen LogP contribution in [-0.4, -0.2) is 26.3 Å². The fourth-order valence-corrected chi connectivity index (χ4v) is 2.16. The minimum Gasteiger partial charge on any atom is -0.382 e. The second-order valence-corrected chi connectivity index (χ2v) is 5.72. The molecule has 0 aliphatic rings. The van der Waals surface area contributed by atoms with E-state index in [4.69, 9.17) is 16.3 Å². The van der Waals surface area contributed by atoms with Crippen LogP contribution >= 0.6 is 11.6 Å². The topological polar surface area (TPSA) is 21.3 Å². The third-order valence-corrected chi connectivity index (χ3v) is 3.35. The van der Waals surface area contributed by atoms with E-state index in [-0.39, 0.29) is 0 Å². The predicted molar refractivity (Wildman–Crippen MR) is 83.0 cm³/mol. The summed E-state index contributed by atoms with van der Waals surface area (Å²) in [5.41, 5.74) is 1.33. The fraction of sp³-hybridized carbons (Fsp3) is 0.625. The van der Waals surface area contributed by atoms with E-state index in [1.54, 1.807) is 0 Å². The summed E-state index contributed by atoms with van der Waals surface area (Å²) < 4.78 is 5.48. The van der Waals surface area contributed by atoms with Crippen molar-refractivity contribution in [2.24, 2.45) is 5.92 Å². The third-order valence-electron chi connectivity index (χ3n) is 3.10. The molecule has 1 aromatic carbocycles. The molecule has 1 aromatic rings. The molecular weight excluding hydrogens is 258 g/mol. The molecule has 108 valence electrons. The molecule has 0 heterocycles. The van der Waals surface area contributed by atoms with Crippen molar-refractivity contribution in [3.8, 4) is 0 Å². The summed E-state index contributed by atoms with van der Waals surface area (Å²) in [5.74, 6) is 1.17. The number of hydrogen-bond donors (Lipinski definition) is 1. The van der Waals surface area contributed by atoms with E-state index in [2.05, 4.69) is 31.3 Å². The van der Waals surface area contributed by atoms with Gasteiger partial charge in [0.15, 0.2) is 0 Å². The lowest BCUT2D eigenvalue weighted by Crippen LogP contribution is -2.26. The first-order valence-corrected chi connectivity index (χ1v) is 7.55. The Balaban J connectivity index is 2.54. The largest absolute Gasteiger partial charge is 0.382 e. The second kappa shape index (κ2) is 9.35. The highest BCUT2D eigenvalue weighted by Crippen LogP contribution is 2.21. The number of benzene rings is 1. The van der Waals surface area contributed by atoms with E-state index in [0.717, 1.165) is 37.7 Å². The molecule has 0 aliphatic heterocycles. The molecular formula is C16H26ClNO. The molecule has 0 saturated heterocycles. The zero-order chi connectivity index (χ0) is 14.1. The number of halogens is 1. The molecule has 0 aliphatic carbocycles. The van der Waals surface area contributed by atoms with E-state index >= 15 is 0 Å². The maximum Gasteiger partial charge on any atom is 0.0472 e. The van der Waals surface area contributed by atoms with Gasteiger partial charge in [-0.3, -0.25) is 0 Å². The lowest BCUT2D eigenvalue weighted by atomic mass is 9.96. The van der Waals surface area contributed by atoms with Gasteiger partial charge in [-0.25, -0.2) is 0 Å². The summed E-state index contributed by atoms with van der Waals surface area (Å²) in [4.78, 5) is 0. The highest BCUT2D eigenvalue weighted by Gasteiger charge is 2.11. The van der Waals surface area contributed by atoms with Gasteiger partial charge in [0, 0.05) is 24.8 Å². The normalized spacial score (nSPS) is 12.9. The Morgan fingerprint density at radius 3 is 2.42 bits per heavy atom. The van der Waals surface area contributed by atoms with Crippen LogP contribution in [0.4, 0.5) is 0 Å². The molecule has 3 heteroatoms. The van der Waals surface area contributed by atoms with Gasteiger partial charge in [0.2, 0.25) is 0 Å². The van der Waals surface area contributed by atoms with Crippen LogP contribution in [0.1, 0.15) is 38.7 Å². The number of hydrogen-bond acceptors (Lipinski definition) is 2. The van der Waals surface area contributed by atoms with Gasteiger partial charge in [-0.2, -0.15) is 0 Å². The van der Waals surface area contributed by atoms with Crippen molar-refractivity contribution in [3.05, 3.63) is 34.9 Å². The standard InChI is InChI=1S/C16H26ClNO/c1-4-19-10-9-15(12-18-11-13(2)3)14-5-7-16(17)8-6-14/h5-8,13,15,18H,4,9-12H2,1-3H3. The highest BCUT2D eigenvalue weighted by atomic mass is 35.5. The monoisotopic (exact) mass is 283 g/mol. The number of nitrogens with one attached hydrogen (secondary N) is 1. The summed E-state index contributed by atoms with van der Waals surface area (Å²) in [7, 11) is 0. The zero-order valence-corrected chi connectivity index (χ0v) is 13.0. The van der Waals surface area contributed by atoms with E-state index in [1.807, 2.05) is 19.1 Å². The summed E-state index contributed by atoms with van der Waals surface area (Å²) in [6, 6.07) is 8.17. The summed E-state index contributed by atoms with van der Waals surface area (Å²) in [5, 5.41) is 4.33. The zero-order valence-electron chi connectivity index (χ0n) is 12.3. The van der Waals surface area contributed by atoms with Crippen LogP contribution in [0, 0.1) is 5.92 Å². The van der Waals surface area contributed by atoms with Crippen LogP contribution in [0.5, 0.6) is 0 Å². The van der Waals surface area contributed by atoms with Gasteiger partial charge in [-0.05, 0) is 49.4 Å². The first-order valence-electron chi connectivity index (χ1n) is 7.17. The van der Waals surface area contributed by atoms with E-state index in [0.29, 0.717) is 11.8 Å². The Labute approximate surface area is 122 Å². The van der Waals surface area contributed by atoms with Gasteiger partial charge in [0.05, 0.1) is 0 Å². The summed E-state index contributed by atoms with van der Waals surface area (Å²) >= 11 is 5.95. The molecule has 0 aromatic heterocycles. The molecule has 0 fully saturated rings. The predicted octanol–water partition coefficient (Wildman–Crippen LogP) is 4.10. The third kappa shape index (κ3) is 6.95. The second-order valence-electron chi connectivity index (χ2n) is 5.29. The Morgan fingerprint density at radius 2 is 1.84 bits per heavy atom. The molecule has 0 amide bonds. The highest BCUT2D eigenvalue weighted by molar-refractivity contribution is 6.30. The van der Waals surface area contributed by atoms with E-state index in [9.17, 15) is 0 Å². The Morgan fingerprint density at radius 1 is 1.16 bits per heavy atom. The van der Waals surface area contributed by atoms with Crippen LogP contribution in [0.25, 0.3) is 0 Å². The van der Waals surface area contributed by atoms with Crippen LogP contribution in [-0.2, 0) is 4.74 Å². The summed E-state index contributed by atoms with van der Waals surface area (Å²) in [6.45, 7) is 10.1. The Bertz CT molecular complexity index is 337. The lowest BCUT2D eigenvalue weighted by molar-refractivity contribution is 0.139. The minimum absolute atomic E-state index is 0.488. The van der Waals surface area contributed by atoms with Gasteiger partial charge in [-0.1, -0.05) is 37.6 Å². The van der Waals surface area contributed by atoms with Crippen LogP contribution in [0.3, 0.4) is 0 Å². The van der Waals surface area contributed by atoms with Crippen molar-refractivity contribution in [1.82, 2.24) is 5.32 Å². The summed E-state index contributed by atoms with van der Waals surface area (Å²) in [6.07, 6.45) is 1.04. The maximum atomic E-state index is 5.95. The Kier molecular flexibility index (Phi) is 8.11. The maximum absolute atomic E-state index is 5.95. The van der Waals surface area contributed by atoms with Crippen LogP contribution in [0.2, 0.25) is 5.02 Å². The minimum atomic E-state index is 0.488. The number of rotatable bonds is 9. The van der Waals surface area contributed by atoms with Gasteiger partial charge >= 0.3 is 0 Å². The molecule has 1 atom stereocenters. The molecule has 2 nitrogen and oxygen atoms in total. The Hall–Kier alpha value is -0.570. The first kappa shape index (κ1) is 16.5. The fourth-order valence-electron chi connectivity index (χ4n) is 2.04. The molecule has 1 unspecified atom stereocenters. The van der Waals surface area contributed by atoms with Crippen LogP contribution in [0.15, 0.2) is 24.3 Å². The van der Waals surface area contributed by atoms with E-state index in [1.165, 1.54) is 5.56 Å². The number of ether oxygens (including phenoxy) is 1. The molecule has 1 N–H and O–H groups in total. The average Bonchev–Trinajstić information content (AvgIpc) is 2.38. The van der Waals surface area contributed by atoms with Crippen molar-refractivity contribution >= 4 is 11.6 Å². The SMILES string of the molecule is CCOCCC(CNCC(C)C)c1ccc(Cl)cc1. The van der Waals surface area contributed by atoms with Gasteiger partial charge in [-0.15, -0.1) is 0 Å². The van der Waals surface area contributed by atoms with Crippen LogP contribution < -0.4 is 5.32 Å². The van der Waals surface area contributed by atoms with Crippen molar-refractivity contribution in [3.63, 3.8) is 0 Å². The molecule has 19 heavy (non-hydrogen) atoms. The molecule has 0 bridgehead atoms. The molecule has 0 saturated carbocycles. The van der Waals surface area contributed by atoms with Crippen molar-refractivity contribution in [1.29, 1.82) is 0 Å². The molecule has 0 spiro atoms. The van der Waals surface area contributed by atoms with Crippen molar-refractivity contribution < 1.29 is 4.74 Å². The van der Waals surface area contributed by atoms with Gasteiger partial charge < -0.3 is 10.1 Å². The molecule has 0 radical (unpaired) electrons. The quantitative estimate of drug-likeness (QED) is 0.689. The van der Waals surface area contributed by atoms with Crippen molar-refractivity contribution in [2.45, 2.75) is 33.1 Å². The lowest BCUT2D eigenvalue weighted by Gasteiger charge is -2.19. The smallest absolute Gasteiger partial charge is 0.0472 e. The van der Waals surface area contributed by atoms with Gasteiger partial charge in [0.25, 0.3) is 0 Å².